The van der Waals surface area contributed by atoms with Gasteiger partial charge in [-0.15, -0.1) is 0 Å². The summed E-state index contributed by atoms with van der Waals surface area (Å²) in [6, 6.07) is 0. The summed E-state index contributed by atoms with van der Waals surface area (Å²) in [5, 5.41) is 7.42. The van der Waals surface area contributed by atoms with Gasteiger partial charge >= 0.3 is 31.3 Å². The second-order valence-corrected chi connectivity index (χ2v) is 1.36. The standard InChI is InChI=1S/C2H4O2.CH3O.Ti/c1-2(3)4;1-2;/h1H3,(H,3,4);1H3;/q;-1;+1. The molecule has 0 aromatic carbocycles. The third-order valence-corrected chi connectivity index (χ3v) is 0. The maximum atomic E-state index is 9.00. The van der Waals surface area contributed by atoms with Crippen LogP contribution in [0.1, 0.15) is 6.92 Å². The van der Waals surface area contributed by atoms with Gasteiger partial charge in [-0.1, -0.05) is 0 Å². The van der Waals surface area contributed by atoms with Crippen molar-refractivity contribution in [3.05, 3.63) is 0 Å². The van der Waals surface area contributed by atoms with Crippen LogP contribution in [0.3, 0.4) is 0 Å². The van der Waals surface area contributed by atoms with Gasteiger partial charge in [0.1, 0.15) is 0 Å². The van der Waals surface area contributed by atoms with Crippen LogP contribution in [0.5, 0.6) is 0 Å². The summed E-state index contributed by atoms with van der Waals surface area (Å²) in [7, 11) is 1.62. The van der Waals surface area contributed by atoms with Crippen molar-refractivity contribution in [1.82, 2.24) is 0 Å². The molecular formula is C3H7O3Ti. The molecule has 0 aromatic heterocycles. The second kappa shape index (κ2) is 9.47. The molecular weight excluding hydrogens is 132 g/mol. The van der Waals surface area contributed by atoms with E-state index >= 15 is 0 Å². The Bertz CT molecular complexity index is 41.4. The minimum absolute atomic E-state index is 0.833. The molecule has 7 heavy (non-hydrogen) atoms. The van der Waals surface area contributed by atoms with Crippen LogP contribution in [-0.2, 0) is 28.9 Å². The fraction of sp³-hybridized carbons (Fsp3) is 0.667. The fourth-order valence-corrected chi connectivity index (χ4v) is 0. The zero-order valence-corrected chi connectivity index (χ0v) is 5.83. The summed E-state index contributed by atoms with van der Waals surface area (Å²) in [4.78, 5) is 9.00. The first-order chi connectivity index (χ1) is 3.15. The zero-order valence-electron chi connectivity index (χ0n) is 4.26. The van der Waals surface area contributed by atoms with Crippen molar-refractivity contribution in [2.45, 2.75) is 6.92 Å². The van der Waals surface area contributed by atoms with Gasteiger partial charge in [-0.2, -0.15) is 0 Å². The first-order valence-electron chi connectivity index (χ1n) is 1.54. The normalized spacial score (nSPS) is 5.86. The minimum atomic E-state index is -0.833. The molecule has 0 saturated heterocycles. The molecule has 0 spiro atoms. The van der Waals surface area contributed by atoms with E-state index in [4.69, 9.17) is 9.90 Å². The van der Waals surface area contributed by atoms with Crippen LogP contribution in [-0.4, -0.2) is 18.2 Å². The number of carbonyl (C=O) groups is 1. The Morgan fingerprint density at radius 1 is 1.86 bits per heavy atom. The Kier molecular flexibility index (Phi) is 13.8. The topological polar surface area (TPSA) is 46.5 Å². The third-order valence-electron chi connectivity index (χ3n) is 0. The van der Waals surface area contributed by atoms with Crippen molar-refractivity contribution in [2.75, 3.05) is 7.11 Å². The van der Waals surface area contributed by atoms with Crippen LogP contribution in [0.15, 0.2) is 0 Å². The van der Waals surface area contributed by atoms with E-state index in [2.05, 4.69) is 3.32 Å². The molecule has 3 nitrogen and oxygen atoms in total. The SMILES string of the molecule is CC(=O)O.C[O][Ti]. The van der Waals surface area contributed by atoms with Gasteiger partial charge in [0.05, 0.1) is 0 Å². The summed E-state index contributed by atoms with van der Waals surface area (Å²) in [6.45, 7) is 1.08. The first-order valence-corrected chi connectivity index (χ1v) is 2.18. The van der Waals surface area contributed by atoms with Crippen molar-refractivity contribution in [3.63, 3.8) is 0 Å². The Morgan fingerprint density at radius 2 is 1.86 bits per heavy atom. The van der Waals surface area contributed by atoms with Gasteiger partial charge in [0, 0.05) is 6.92 Å². The van der Waals surface area contributed by atoms with Gasteiger partial charge in [0.2, 0.25) is 0 Å². The van der Waals surface area contributed by atoms with Gasteiger partial charge in [-0.3, -0.25) is 4.79 Å². The fourth-order valence-electron chi connectivity index (χ4n) is 0. The molecule has 41 valence electrons. The van der Waals surface area contributed by atoms with Crippen molar-refractivity contribution >= 4 is 5.97 Å². The molecule has 0 fully saturated rings. The molecule has 0 heterocycles. The van der Waals surface area contributed by atoms with E-state index in [0.29, 0.717) is 0 Å². The number of hydrogen-bond donors (Lipinski definition) is 1. The number of hydrogen-bond acceptors (Lipinski definition) is 2. The number of rotatable bonds is 0. The maximum absolute atomic E-state index is 9.00. The average molecular weight is 139 g/mol. The van der Waals surface area contributed by atoms with Crippen molar-refractivity contribution < 1.29 is 34.0 Å². The molecule has 0 rings (SSSR count). The number of aliphatic carboxylic acids is 1. The average Bonchev–Trinajstić information content (AvgIpc) is 1.33. The van der Waals surface area contributed by atoms with E-state index in [1.165, 1.54) is 0 Å². The molecule has 0 atom stereocenters. The van der Waals surface area contributed by atoms with E-state index in [0.717, 1.165) is 6.92 Å². The Labute approximate surface area is 54.5 Å². The van der Waals surface area contributed by atoms with Crippen LogP contribution >= 0.6 is 0 Å². The summed E-state index contributed by atoms with van der Waals surface area (Å²) < 4.78 is 4.25. The third kappa shape index (κ3) is 5070. The molecule has 0 amide bonds. The van der Waals surface area contributed by atoms with Crippen molar-refractivity contribution in [3.8, 4) is 0 Å². The number of carboxylic acid groups (broad SMARTS) is 1. The molecule has 0 saturated carbocycles. The predicted molar refractivity (Wildman–Crippen MR) is 20.3 cm³/mol. The molecule has 0 unspecified atom stereocenters. The summed E-state index contributed by atoms with van der Waals surface area (Å²) >= 11 is 1.62. The van der Waals surface area contributed by atoms with Crippen molar-refractivity contribution in [1.29, 1.82) is 0 Å². The predicted octanol–water partition coefficient (Wildman–Crippen LogP) is 0.185. The van der Waals surface area contributed by atoms with Crippen LogP contribution < -0.4 is 0 Å². The number of carboxylic acids is 1. The van der Waals surface area contributed by atoms with E-state index in [9.17, 15) is 0 Å². The molecule has 1 N–H and O–H groups in total. The summed E-state index contributed by atoms with van der Waals surface area (Å²) in [6.07, 6.45) is 0. The van der Waals surface area contributed by atoms with Crippen LogP contribution in [0.4, 0.5) is 0 Å². The van der Waals surface area contributed by atoms with Gasteiger partial charge in [-0.25, -0.2) is 0 Å². The quantitative estimate of drug-likeness (QED) is 0.487. The van der Waals surface area contributed by atoms with Gasteiger partial charge < -0.3 is 5.11 Å². The Morgan fingerprint density at radius 3 is 1.86 bits per heavy atom. The van der Waals surface area contributed by atoms with E-state index in [1.54, 1.807) is 27.9 Å². The molecule has 4 heteroatoms. The molecule has 0 aliphatic heterocycles. The zero-order chi connectivity index (χ0) is 6.28. The van der Waals surface area contributed by atoms with E-state index in [1.807, 2.05) is 0 Å². The Balaban J connectivity index is 0. The molecule has 0 aliphatic rings. The summed E-state index contributed by atoms with van der Waals surface area (Å²) in [5.41, 5.74) is 0. The van der Waals surface area contributed by atoms with Crippen molar-refractivity contribution in [2.24, 2.45) is 0 Å². The first kappa shape index (κ1) is 10.2. The Hall–Kier alpha value is 0.144. The van der Waals surface area contributed by atoms with Crippen LogP contribution in [0, 0.1) is 0 Å². The summed E-state index contributed by atoms with van der Waals surface area (Å²) in [5.74, 6) is -0.833. The molecule has 0 aliphatic carbocycles. The van der Waals surface area contributed by atoms with Gasteiger partial charge in [-0.05, 0) is 0 Å². The molecule has 0 bridgehead atoms. The van der Waals surface area contributed by atoms with Gasteiger partial charge in [0.15, 0.2) is 0 Å². The molecule has 0 aromatic rings. The van der Waals surface area contributed by atoms with Crippen LogP contribution in [0.2, 0.25) is 0 Å². The van der Waals surface area contributed by atoms with Gasteiger partial charge in [0.25, 0.3) is 5.97 Å². The monoisotopic (exact) mass is 139 g/mol. The second-order valence-electron chi connectivity index (χ2n) is 0.723. The molecule has 0 radical (unpaired) electrons. The van der Waals surface area contributed by atoms with Crippen LogP contribution in [0.25, 0.3) is 0 Å². The van der Waals surface area contributed by atoms with E-state index in [-0.39, 0.29) is 0 Å². The van der Waals surface area contributed by atoms with E-state index < -0.39 is 5.97 Å².